The third-order valence-electron chi connectivity index (χ3n) is 1.74. The van der Waals surface area contributed by atoms with Crippen LogP contribution in [0.5, 0.6) is 0 Å². The van der Waals surface area contributed by atoms with Crippen LogP contribution in [0.2, 0.25) is 0 Å². The van der Waals surface area contributed by atoms with Gasteiger partial charge in [0.2, 0.25) is 0 Å². The Morgan fingerprint density at radius 1 is 1.44 bits per heavy atom. The highest BCUT2D eigenvalue weighted by molar-refractivity contribution is 4.75. The second-order valence-electron chi connectivity index (χ2n) is 2.48. The summed E-state index contributed by atoms with van der Waals surface area (Å²) in [5.74, 6) is 0. The predicted octanol–water partition coefficient (Wildman–Crippen LogP) is 0.510. The molecule has 2 N–H and O–H groups in total. The molecule has 1 saturated heterocycles. The van der Waals surface area contributed by atoms with Crippen LogP contribution >= 0.6 is 0 Å². The molecule has 1 fully saturated rings. The van der Waals surface area contributed by atoms with Crippen molar-refractivity contribution >= 4 is 0 Å². The number of hydrogen-bond acceptors (Lipinski definition) is 2. The molecular weight excluding hydrogens is 112 g/mol. The van der Waals surface area contributed by atoms with Crippen molar-refractivity contribution in [1.82, 2.24) is 10.6 Å². The highest BCUT2D eigenvalue weighted by Gasteiger charge is 2.09. The van der Waals surface area contributed by atoms with Crippen LogP contribution in [0.25, 0.3) is 0 Å². The maximum absolute atomic E-state index is 3.32. The normalized spacial score (nSPS) is 22.3. The number of nitrogens with one attached hydrogen (secondary N) is 2. The van der Waals surface area contributed by atoms with Crippen LogP contribution in [0, 0.1) is 6.54 Å². The molecule has 0 aliphatic carbocycles. The molecule has 0 spiro atoms. The Kier molecular flexibility index (Phi) is 3.01. The Bertz CT molecular complexity index is 64.6. The quantitative estimate of drug-likeness (QED) is 0.565. The summed E-state index contributed by atoms with van der Waals surface area (Å²) in [6.45, 7) is 6.43. The minimum Gasteiger partial charge on any atom is -0.317 e. The molecule has 2 nitrogen and oxygen atoms in total. The zero-order valence-electron chi connectivity index (χ0n) is 5.98. The molecule has 0 bridgehead atoms. The monoisotopic (exact) mass is 127 g/mol. The lowest BCUT2D eigenvalue weighted by Gasteiger charge is -2.22. The van der Waals surface area contributed by atoms with Crippen LogP contribution in [0.3, 0.4) is 0 Å². The summed E-state index contributed by atoms with van der Waals surface area (Å²) < 4.78 is 0. The summed E-state index contributed by atoms with van der Waals surface area (Å²) in [7, 11) is 0. The first kappa shape index (κ1) is 7.03. The molecule has 1 heterocycles. The summed E-state index contributed by atoms with van der Waals surface area (Å²) in [5.41, 5.74) is 0. The van der Waals surface area contributed by atoms with Gasteiger partial charge in [0, 0.05) is 12.6 Å². The third kappa shape index (κ3) is 2.33. The van der Waals surface area contributed by atoms with Gasteiger partial charge >= 0.3 is 0 Å². The van der Waals surface area contributed by atoms with Crippen LogP contribution in [0.1, 0.15) is 19.8 Å². The third-order valence-corrected chi connectivity index (χ3v) is 1.74. The van der Waals surface area contributed by atoms with Crippen molar-refractivity contribution in [3.8, 4) is 0 Å². The summed E-state index contributed by atoms with van der Waals surface area (Å²) in [4.78, 5) is 0. The maximum Gasteiger partial charge on any atom is 0.0192 e. The van der Waals surface area contributed by atoms with Crippen LogP contribution < -0.4 is 10.6 Å². The minimum absolute atomic E-state index is 0.733. The van der Waals surface area contributed by atoms with Crippen molar-refractivity contribution < 1.29 is 0 Å². The smallest absolute Gasteiger partial charge is 0.0192 e. The summed E-state index contributed by atoms with van der Waals surface area (Å²) in [6, 6.07) is 0.733. The van der Waals surface area contributed by atoms with E-state index in [4.69, 9.17) is 0 Å². The van der Waals surface area contributed by atoms with Gasteiger partial charge in [-0.2, -0.15) is 0 Å². The predicted molar refractivity (Wildman–Crippen MR) is 39.0 cm³/mol. The van der Waals surface area contributed by atoms with Gasteiger partial charge in [-0.1, -0.05) is 0 Å². The highest BCUT2D eigenvalue weighted by atomic mass is 15.0. The molecule has 53 valence electrons. The van der Waals surface area contributed by atoms with Crippen LogP contribution in [-0.4, -0.2) is 19.1 Å². The Morgan fingerprint density at radius 3 is 2.67 bits per heavy atom. The Morgan fingerprint density at radius 2 is 2.11 bits per heavy atom. The first-order valence-corrected chi connectivity index (χ1v) is 3.68. The second kappa shape index (κ2) is 3.85. The number of piperidine rings is 1. The average molecular weight is 127 g/mol. The average Bonchev–Trinajstić information content (AvgIpc) is 1.91. The highest BCUT2D eigenvalue weighted by Crippen LogP contribution is 2.01. The van der Waals surface area contributed by atoms with Crippen LogP contribution in [0.15, 0.2) is 0 Å². The van der Waals surface area contributed by atoms with Crippen molar-refractivity contribution in [2.75, 3.05) is 13.1 Å². The first-order chi connectivity index (χ1) is 4.43. The lowest BCUT2D eigenvalue weighted by atomic mass is 10.1. The van der Waals surface area contributed by atoms with E-state index in [0.717, 1.165) is 6.04 Å². The molecule has 1 aliphatic rings. The van der Waals surface area contributed by atoms with E-state index in [1.807, 2.05) is 13.5 Å². The van der Waals surface area contributed by atoms with E-state index >= 15 is 0 Å². The lowest BCUT2D eigenvalue weighted by molar-refractivity contribution is 0.410. The molecule has 0 aromatic heterocycles. The fraction of sp³-hybridized carbons (Fsp3) is 0.857. The Hall–Kier alpha value is -0.0800. The molecule has 0 saturated carbocycles. The molecule has 0 atom stereocenters. The second-order valence-corrected chi connectivity index (χ2v) is 2.48. The van der Waals surface area contributed by atoms with E-state index in [1.165, 1.54) is 25.9 Å². The van der Waals surface area contributed by atoms with Crippen LogP contribution in [-0.2, 0) is 0 Å². The van der Waals surface area contributed by atoms with E-state index in [2.05, 4.69) is 10.6 Å². The molecular formula is C7H15N2. The van der Waals surface area contributed by atoms with Crippen molar-refractivity contribution in [2.24, 2.45) is 0 Å². The number of hydrogen-bond donors (Lipinski definition) is 2. The van der Waals surface area contributed by atoms with Gasteiger partial charge in [0.05, 0.1) is 0 Å². The van der Waals surface area contributed by atoms with E-state index in [1.54, 1.807) is 0 Å². The van der Waals surface area contributed by atoms with Gasteiger partial charge in [-0.15, -0.1) is 0 Å². The van der Waals surface area contributed by atoms with Gasteiger partial charge in [-0.25, -0.2) is 0 Å². The molecule has 0 aromatic rings. The maximum atomic E-state index is 3.32. The standard InChI is InChI=1S/C7H15N2/c1-2-9-7-3-5-8-6-4-7/h2,7-9H,3-6H2,1H3. The van der Waals surface area contributed by atoms with E-state index in [9.17, 15) is 0 Å². The Labute approximate surface area is 57.0 Å². The van der Waals surface area contributed by atoms with E-state index < -0.39 is 0 Å². The molecule has 9 heavy (non-hydrogen) atoms. The van der Waals surface area contributed by atoms with Gasteiger partial charge < -0.3 is 10.6 Å². The zero-order valence-corrected chi connectivity index (χ0v) is 5.98. The van der Waals surface area contributed by atoms with Gasteiger partial charge in [0.25, 0.3) is 0 Å². The largest absolute Gasteiger partial charge is 0.317 e. The topological polar surface area (TPSA) is 24.1 Å². The summed E-state index contributed by atoms with van der Waals surface area (Å²) >= 11 is 0. The summed E-state index contributed by atoms with van der Waals surface area (Å²) in [5, 5.41) is 6.64. The van der Waals surface area contributed by atoms with Crippen molar-refractivity contribution in [1.29, 1.82) is 0 Å². The molecule has 1 aliphatic heterocycles. The molecule has 1 radical (unpaired) electrons. The SMILES string of the molecule is C[CH]NC1CCNCC1. The molecule has 2 heteroatoms. The van der Waals surface area contributed by atoms with Crippen molar-refractivity contribution in [3.05, 3.63) is 6.54 Å². The Balaban J connectivity index is 2.08. The summed E-state index contributed by atoms with van der Waals surface area (Å²) in [6.07, 6.45) is 2.54. The number of rotatable bonds is 2. The fourth-order valence-electron chi connectivity index (χ4n) is 1.22. The van der Waals surface area contributed by atoms with Gasteiger partial charge in [0.1, 0.15) is 0 Å². The molecule has 0 unspecified atom stereocenters. The van der Waals surface area contributed by atoms with Gasteiger partial charge in [-0.05, 0) is 32.9 Å². The minimum atomic E-state index is 0.733. The molecule has 0 aromatic carbocycles. The van der Waals surface area contributed by atoms with Crippen molar-refractivity contribution in [2.45, 2.75) is 25.8 Å². The molecule has 0 amide bonds. The van der Waals surface area contributed by atoms with Gasteiger partial charge in [-0.3, -0.25) is 0 Å². The van der Waals surface area contributed by atoms with E-state index in [0.29, 0.717) is 0 Å². The van der Waals surface area contributed by atoms with E-state index in [-0.39, 0.29) is 0 Å². The van der Waals surface area contributed by atoms with Crippen LogP contribution in [0.4, 0.5) is 0 Å². The fourth-order valence-corrected chi connectivity index (χ4v) is 1.22. The lowest BCUT2D eigenvalue weighted by Crippen LogP contribution is -2.38. The zero-order chi connectivity index (χ0) is 6.53. The first-order valence-electron chi connectivity index (χ1n) is 3.68. The van der Waals surface area contributed by atoms with Gasteiger partial charge in [0.15, 0.2) is 0 Å². The molecule has 1 rings (SSSR count). The van der Waals surface area contributed by atoms with Crippen molar-refractivity contribution in [3.63, 3.8) is 0 Å².